The van der Waals surface area contributed by atoms with Crippen LogP contribution in [0.5, 0.6) is 0 Å². The number of esters is 2. The van der Waals surface area contributed by atoms with Gasteiger partial charge in [-0.05, 0) is 57.2 Å². The average Bonchev–Trinajstić information content (AvgIpc) is 2.77. The molecule has 1 atom stereocenters. The number of carbonyl (C=O) groups excluding carboxylic acids is 2. The summed E-state index contributed by atoms with van der Waals surface area (Å²) in [7, 11) is 1.72. The number of carbonyl (C=O) groups is 2. The minimum Gasteiger partial charge on any atom is -0.465 e. The van der Waals surface area contributed by atoms with E-state index in [9.17, 15) is 9.59 Å². The van der Waals surface area contributed by atoms with Crippen LogP contribution in [0.3, 0.4) is 0 Å². The molecule has 2 aromatic rings. The van der Waals surface area contributed by atoms with Gasteiger partial charge in [-0.15, -0.1) is 0 Å². The van der Waals surface area contributed by atoms with Gasteiger partial charge in [0.05, 0.1) is 29.3 Å². The van der Waals surface area contributed by atoms with Gasteiger partial charge in [-0.25, -0.2) is 4.98 Å². The summed E-state index contributed by atoms with van der Waals surface area (Å²) < 4.78 is 16.1. The Bertz CT molecular complexity index is 960. The van der Waals surface area contributed by atoms with Crippen molar-refractivity contribution < 1.29 is 23.8 Å². The summed E-state index contributed by atoms with van der Waals surface area (Å²) in [6.45, 7) is 5.39. The van der Waals surface area contributed by atoms with Crippen molar-refractivity contribution in [1.29, 1.82) is 0 Å². The van der Waals surface area contributed by atoms with E-state index in [1.54, 1.807) is 14.0 Å². The van der Waals surface area contributed by atoms with Gasteiger partial charge in [-0.1, -0.05) is 30.4 Å². The fourth-order valence-corrected chi connectivity index (χ4v) is 4.10. The predicted octanol–water partition coefficient (Wildman–Crippen LogP) is 5.01. The third-order valence-corrected chi connectivity index (χ3v) is 5.93. The van der Waals surface area contributed by atoms with Crippen LogP contribution in [0.4, 0.5) is 0 Å². The van der Waals surface area contributed by atoms with Crippen molar-refractivity contribution in [3.63, 3.8) is 0 Å². The van der Waals surface area contributed by atoms with Crippen molar-refractivity contribution in [1.82, 2.24) is 4.98 Å². The van der Waals surface area contributed by atoms with Crippen LogP contribution in [0, 0.1) is 5.41 Å². The number of fused-ring (bicyclic) bond motifs is 1. The minimum absolute atomic E-state index is 0.169. The minimum atomic E-state index is -0.626. The molecule has 0 amide bonds. The summed E-state index contributed by atoms with van der Waals surface area (Å²) >= 11 is 0. The van der Waals surface area contributed by atoms with E-state index in [0.29, 0.717) is 25.1 Å². The van der Waals surface area contributed by atoms with E-state index in [1.165, 1.54) is 6.92 Å². The number of pyridine rings is 1. The van der Waals surface area contributed by atoms with Crippen molar-refractivity contribution in [2.75, 3.05) is 13.7 Å². The molecule has 166 valence electrons. The van der Waals surface area contributed by atoms with Crippen molar-refractivity contribution in [2.45, 2.75) is 58.7 Å². The maximum absolute atomic E-state index is 12.8. The fourth-order valence-electron chi connectivity index (χ4n) is 4.10. The molecule has 6 nitrogen and oxygen atoms in total. The summed E-state index contributed by atoms with van der Waals surface area (Å²) in [5, 5.41) is 0.997. The number of hydrogen-bond acceptors (Lipinski definition) is 6. The van der Waals surface area contributed by atoms with Gasteiger partial charge < -0.3 is 14.2 Å². The quantitative estimate of drug-likeness (QED) is 0.581. The van der Waals surface area contributed by atoms with Gasteiger partial charge in [0, 0.05) is 19.4 Å². The zero-order valence-corrected chi connectivity index (χ0v) is 18.7. The number of aromatic nitrogens is 1. The van der Waals surface area contributed by atoms with Gasteiger partial charge in [-0.3, -0.25) is 9.59 Å². The largest absolute Gasteiger partial charge is 0.465 e. The van der Waals surface area contributed by atoms with Crippen LogP contribution in [-0.4, -0.2) is 36.7 Å². The second kappa shape index (κ2) is 10.1. The van der Waals surface area contributed by atoms with Crippen LogP contribution in [0.25, 0.3) is 17.0 Å². The molecule has 0 N–H and O–H groups in total. The third-order valence-electron chi connectivity index (χ3n) is 5.93. The van der Waals surface area contributed by atoms with Crippen LogP contribution in [0.1, 0.15) is 63.8 Å². The Hall–Kier alpha value is -2.73. The highest BCUT2D eigenvalue weighted by atomic mass is 16.5. The molecular weight excluding hydrogens is 394 g/mol. The lowest BCUT2D eigenvalue weighted by Crippen LogP contribution is -2.37. The number of methoxy groups -OCH3 is 1. The molecule has 0 radical (unpaired) electrons. The highest BCUT2D eigenvalue weighted by molar-refractivity contribution is 5.83. The van der Waals surface area contributed by atoms with Crippen molar-refractivity contribution in [2.24, 2.45) is 5.41 Å². The topological polar surface area (TPSA) is 74.7 Å². The van der Waals surface area contributed by atoms with Gasteiger partial charge in [0.25, 0.3) is 0 Å². The maximum atomic E-state index is 12.8. The summed E-state index contributed by atoms with van der Waals surface area (Å²) in [5.41, 5.74) is 1.84. The standard InChI is InChI=1S/C25H31NO5/c1-5-30-24(28)25(14-11-21(29-4)12-15-25)13-10-19-6-7-20-8-9-22(26-23(20)16-19)17(2)31-18(3)27/h6-10,13,16-17,21H,5,11-12,14-15H2,1-4H3/t17-,21?,25?/m1/s1. The molecule has 0 unspecified atom stereocenters. The first-order valence-corrected chi connectivity index (χ1v) is 10.8. The maximum Gasteiger partial charge on any atom is 0.315 e. The van der Waals surface area contributed by atoms with Gasteiger partial charge in [-0.2, -0.15) is 0 Å². The molecule has 1 aliphatic carbocycles. The number of hydrogen-bond donors (Lipinski definition) is 0. The SMILES string of the molecule is CCOC(=O)C1(C=Cc2ccc3ccc([C@@H](C)OC(C)=O)nc3c2)CCC(OC)CC1. The van der Waals surface area contributed by atoms with Gasteiger partial charge in [0.15, 0.2) is 0 Å². The smallest absolute Gasteiger partial charge is 0.315 e. The van der Waals surface area contributed by atoms with Crippen LogP contribution >= 0.6 is 0 Å². The normalized spacial score (nSPS) is 22.4. The summed E-state index contributed by atoms with van der Waals surface area (Å²) in [6.07, 6.45) is 6.82. The molecule has 1 fully saturated rings. The Morgan fingerprint density at radius 2 is 1.94 bits per heavy atom. The van der Waals surface area contributed by atoms with Crippen molar-refractivity contribution in [3.8, 4) is 0 Å². The third kappa shape index (κ3) is 5.50. The predicted molar refractivity (Wildman–Crippen MR) is 119 cm³/mol. The molecule has 1 aliphatic rings. The molecule has 0 aliphatic heterocycles. The van der Waals surface area contributed by atoms with E-state index >= 15 is 0 Å². The average molecular weight is 426 g/mol. The molecule has 0 bridgehead atoms. The van der Waals surface area contributed by atoms with E-state index in [2.05, 4.69) is 4.98 Å². The number of nitrogens with zero attached hydrogens (tertiary/aromatic N) is 1. The molecular formula is C25H31NO5. The zero-order chi connectivity index (χ0) is 22.4. The Morgan fingerprint density at radius 3 is 2.58 bits per heavy atom. The Kier molecular flexibility index (Phi) is 7.44. The molecule has 1 heterocycles. The monoisotopic (exact) mass is 425 g/mol. The van der Waals surface area contributed by atoms with E-state index in [0.717, 1.165) is 29.3 Å². The first-order valence-electron chi connectivity index (χ1n) is 10.8. The van der Waals surface area contributed by atoms with E-state index in [4.69, 9.17) is 14.2 Å². The Labute approximate surface area is 183 Å². The molecule has 1 aromatic heterocycles. The van der Waals surface area contributed by atoms with E-state index < -0.39 is 11.5 Å². The molecule has 1 saturated carbocycles. The van der Waals surface area contributed by atoms with Gasteiger partial charge in [0.2, 0.25) is 0 Å². The van der Waals surface area contributed by atoms with Gasteiger partial charge >= 0.3 is 11.9 Å². The van der Waals surface area contributed by atoms with Crippen LogP contribution in [-0.2, 0) is 23.8 Å². The first kappa shape index (κ1) is 22.9. The lowest BCUT2D eigenvalue weighted by atomic mass is 9.72. The zero-order valence-electron chi connectivity index (χ0n) is 18.7. The second-order valence-corrected chi connectivity index (χ2v) is 8.08. The van der Waals surface area contributed by atoms with Crippen LogP contribution in [0.2, 0.25) is 0 Å². The number of rotatable bonds is 7. The lowest BCUT2D eigenvalue weighted by molar-refractivity contribution is -0.155. The first-order chi connectivity index (χ1) is 14.9. The van der Waals surface area contributed by atoms with E-state index in [-0.39, 0.29) is 18.0 Å². The van der Waals surface area contributed by atoms with Crippen LogP contribution < -0.4 is 0 Å². The Balaban J connectivity index is 1.87. The molecule has 3 rings (SSSR count). The summed E-state index contributed by atoms with van der Waals surface area (Å²) in [6, 6.07) is 9.83. The molecule has 0 spiro atoms. The molecule has 6 heteroatoms. The molecule has 0 saturated heterocycles. The second-order valence-electron chi connectivity index (χ2n) is 8.08. The van der Waals surface area contributed by atoms with Crippen LogP contribution in [0.15, 0.2) is 36.4 Å². The summed E-state index contributed by atoms with van der Waals surface area (Å²) in [5.74, 6) is -0.504. The van der Waals surface area contributed by atoms with E-state index in [1.807, 2.05) is 49.4 Å². The van der Waals surface area contributed by atoms with Crippen molar-refractivity contribution in [3.05, 3.63) is 47.7 Å². The summed E-state index contributed by atoms with van der Waals surface area (Å²) in [4.78, 5) is 28.7. The highest BCUT2D eigenvalue weighted by Gasteiger charge is 2.41. The number of benzene rings is 1. The van der Waals surface area contributed by atoms with Gasteiger partial charge in [0.1, 0.15) is 6.10 Å². The lowest BCUT2D eigenvalue weighted by Gasteiger charge is -2.35. The Morgan fingerprint density at radius 1 is 1.23 bits per heavy atom. The number of ether oxygens (including phenoxy) is 3. The molecule has 1 aromatic carbocycles. The fraction of sp³-hybridized carbons (Fsp3) is 0.480. The highest BCUT2D eigenvalue weighted by Crippen LogP contribution is 2.40. The molecule has 31 heavy (non-hydrogen) atoms. The van der Waals surface area contributed by atoms with Crippen molar-refractivity contribution >= 4 is 28.9 Å².